The van der Waals surface area contributed by atoms with Crippen molar-refractivity contribution in [2.45, 2.75) is 31.0 Å². The van der Waals surface area contributed by atoms with E-state index in [9.17, 15) is 24.3 Å². The van der Waals surface area contributed by atoms with E-state index < -0.39 is 47.1 Å². The molecule has 1 spiro atoms. The fourth-order valence-electron chi connectivity index (χ4n) is 5.33. The molecular weight excluding hydrogens is 469 g/mol. The Morgan fingerprint density at radius 1 is 1.03 bits per heavy atom. The molecule has 33 heavy (non-hydrogen) atoms. The predicted octanol–water partition coefficient (Wildman–Crippen LogP) is 2.78. The van der Waals surface area contributed by atoms with Crippen molar-refractivity contribution >= 4 is 52.6 Å². The fraction of sp³-hybridized carbons (Fsp3) is 0.304. The Labute approximate surface area is 198 Å². The number of likely N-dealkylation sites (tertiary alicyclic amines) is 1. The van der Waals surface area contributed by atoms with Gasteiger partial charge in [-0.2, -0.15) is 0 Å². The predicted molar refractivity (Wildman–Crippen MR) is 120 cm³/mol. The maximum absolute atomic E-state index is 13.7. The summed E-state index contributed by atoms with van der Waals surface area (Å²) in [6.07, 6.45) is -0.132. The number of benzene rings is 2. The molecule has 2 aromatic rings. The van der Waals surface area contributed by atoms with Crippen LogP contribution in [0.4, 0.5) is 5.69 Å². The minimum atomic E-state index is -1.52. The van der Waals surface area contributed by atoms with E-state index >= 15 is 0 Å². The average Bonchev–Trinajstić information content (AvgIpc) is 3.35. The van der Waals surface area contributed by atoms with Gasteiger partial charge >= 0.3 is 5.97 Å². The zero-order chi connectivity index (χ0) is 23.5. The molecular formula is C23H19Cl2N3O5. The van der Waals surface area contributed by atoms with E-state index in [-0.39, 0.29) is 19.4 Å². The molecule has 2 saturated heterocycles. The lowest BCUT2D eigenvalue weighted by Gasteiger charge is -2.29. The van der Waals surface area contributed by atoms with Crippen LogP contribution in [0.2, 0.25) is 10.0 Å². The lowest BCUT2D eigenvalue weighted by Crippen LogP contribution is -2.53. The maximum atomic E-state index is 13.7. The van der Waals surface area contributed by atoms with Gasteiger partial charge in [-0.1, -0.05) is 53.5 Å². The van der Waals surface area contributed by atoms with E-state index in [1.165, 1.54) is 0 Å². The summed E-state index contributed by atoms with van der Waals surface area (Å²) in [6, 6.07) is 11.2. The van der Waals surface area contributed by atoms with E-state index in [0.717, 1.165) is 4.90 Å². The highest BCUT2D eigenvalue weighted by Crippen LogP contribution is 2.54. The molecule has 10 heteroatoms. The van der Waals surface area contributed by atoms with Crippen LogP contribution in [0.25, 0.3) is 0 Å². The van der Waals surface area contributed by atoms with Crippen LogP contribution < -0.4 is 10.6 Å². The summed E-state index contributed by atoms with van der Waals surface area (Å²) in [6.45, 7) is -0.0317. The minimum Gasteiger partial charge on any atom is -0.481 e. The zero-order valence-electron chi connectivity index (χ0n) is 17.2. The van der Waals surface area contributed by atoms with Crippen molar-refractivity contribution in [2.24, 2.45) is 11.8 Å². The van der Waals surface area contributed by atoms with Crippen molar-refractivity contribution < 1.29 is 24.3 Å². The van der Waals surface area contributed by atoms with Gasteiger partial charge in [0.1, 0.15) is 5.54 Å². The van der Waals surface area contributed by atoms with Crippen LogP contribution in [0.5, 0.6) is 0 Å². The van der Waals surface area contributed by atoms with Crippen LogP contribution in [-0.2, 0) is 31.3 Å². The molecule has 2 fully saturated rings. The van der Waals surface area contributed by atoms with E-state index in [0.29, 0.717) is 26.9 Å². The van der Waals surface area contributed by atoms with Crippen molar-refractivity contribution in [1.82, 2.24) is 10.2 Å². The smallest absolute Gasteiger partial charge is 0.303 e. The van der Waals surface area contributed by atoms with Gasteiger partial charge in [0.05, 0.1) is 29.1 Å². The van der Waals surface area contributed by atoms with E-state index in [4.69, 9.17) is 23.2 Å². The highest BCUT2D eigenvalue weighted by atomic mass is 35.5. The molecule has 170 valence electrons. The summed E-state index contributed by atoms with van der Waals surface area (Å²) in [5, 5.41) is 15.9. The van der Waals surface area contributed by atoms with Gasteiger partial charge in [0.2, 0.25) is 17.7 Å². The molecule has 2 aromatic carbocycles. The SMILES string of the molecule is O=C(O)CCC1NC2(C(=O)Nc3c(Cl)cccc32)[C@@H]2C(=O)N(Cc3ccccc3Cl)C(=O)[C@H]12. The Morgan fingerprint density at radius 2 is 1.76 bits per heavy atom. The molecule has 0 bridgehead atoms. The van der Waals surface area contributed by atoms with Crippen LogP contribution in [0.3, 0.4) is 0 Å². The first-order valence-electron chi connectivity index (χ1n) is 10.4. The van der Waals surface area contributed by atoms with Crippen molar-refractivity contribution in [3.63, 3.8) is 0 Å². The Balaban J connectivity index is 1.60. The van der Waals surface area contributed by atoms with E-state index in [1.807, 2.05) is 0 Å². The number of anilines is 1. The third-order valence-electron chi connectivity index (χ3n) is 6.75. The van der Waals surface area contributed by atoms with Crippen LogP contribution >= 0.6 is 23.2 Å². The number of hydrogen-bond donors (Lipinski definition) is 3. The number of imide groups is 1. The summed E-state index contributed by atoms with van der Waals surface area (Å²) in [7, 11) is 0. The number of para-hydroxylation sites is 1. The van der Waals surface area contributed by atoms with Gasteiger partial charge in [-0.3, -0.25) is 29.4 Å². The number of nitrogens with zero attached hydrogens (tertiary/aromatic N) is 1. The lowest BCUT2D eigenvalue weighted by molar-refractivity contribution is -0.144. The minimum absolute atomic E-state index is 0.0317. The van der Waals surface area contributed by atoms with Gasteiger partial charge in [0.15, 0.2) is 0 Å². The number of carbonyl (C=O) groups is 4. The van der Waals surface area contributed by atoms with Gasteiger partial charge < -0.3 is 10.4 Å². The van der Waals surface area contributed by atoms with Crippen LogP contribution in [0, 0.1) is 11.8 Å². The van der Waals surface area contributed by atoms with Gasteiger partial charge in [-0.25, -0.2) is 0 Å². The second-order valence-electron chi connectivity index (χ2n) is 8.47. The molecule has 4 atom stereocenters. The molecule has 0 aliphatic carbocycles. The summed E-state index contributed by atoms with van der Waals surface area (Å²) in [5.74, 6) is -4.40. The molecule has 3 aliphatic heterocycles. The zero-order valence-corrected chi connectivity index (χ0v) is 18.7. The molecule has 2 unspecified atom stereocenters. The molecule has 0 radical (unpaired) electrons. The normalized spacial score (nSPS) is 27.8. The molecule has 0 aromatic heterocycles. The third kappa shape index (κ3) is 3.16. The number of fused-ring (bicyclic) bond motifs is 4. The summed E-state index contributed by atoms with van der Waals surface area (Å²) in [5.41, 5.74) is -0.0484. The summed E-state index contributed by atoms with van der Waals surface area (Å²) >= 11 is 12.6. The quantitative estimate of drug-likeness (QED) is 0.558. The van der Waals surface area contributed by atoms with Crippen molar-refractivity contribution in [1.29, 1.82) is 0 Å². The van der Waals surface area contributed by atoms with Crippen molar-refractivity contribution in [2.75, 3.05) is 5.32 Å². The molecule has 3 amide bonds. The number of carboxylic acid groups (broad SMARTS) is 1. The number of aliphatic carboxylic acids is 1. The van der Waals surface area contributed by atoms with Gasteiger partial charge in [0.25, 0.3) is 0 Å². The molecule has 0 saturated carbocycles. The second kappa shape index (κ2) is 7.83. The summed E-state index contributed by atoms with van der Waals surface area (Å²) < 4.78 is 0. The first-order valence-corrected chi connectivity index (χ1v) is 11.2. The van der Waals surface area contributed by atoms with Crippen molar-refractivity contribution in [3.05, 3.63) is 63.6 Å². The number of amides is 3. The second-order valence-corrected chi connectivity index (χ2v) is 9.28. The average molecular weight is 488 g/mol. The number of halogens is 2. The van der Waals surface area contributed by atoms with Gasteiger partial charge in [0, 0.05) is 23.0 Å². The standard InChI is InChI=1S/C23H19Cl2N3O5/c24-13-6-2-1-4-11(13)10-28-20(31)17-15(8-9-16(29)30)27-23(18(17)21(28)32)12-5-3-7-14(25)19(12)26-22(23)33/h1-7,15,17-18,27H,8-10H2,(H,26,33)(H,29,30)/t15?,17-,18+,23?/m1/s1. The molecule has 5 rings (SSSR count). The Morgan fingerprint density at radius 3 is 2.48 bits per heavy atom. The molecule has 8 nitrogen and oxygen atoms in total. The Hall–Kier alpha value is -2.94. The fourth-order valence-corrected chi connectivity index (χ4v) is 5.75. The number of rotatable bonds is 5. The number of carboxylic acids is 1. The number of hydrogen-bond acceptors (Lipinski definition) is 5. The molecule has 3 N–H and O–H groups in total. The Bertz CT molecular complexity index is 1220. The van der Waals surface area contributed by atoms with E-state index in [2.05, 4.69) is 10.6 Å². The lowest BCUT2D eigenvalue weighted by atomic mass is 9.76. The highest BCUT2D eigenvalue weighted by Gasteiger charge is 2.70. The van der Waals surface area contributed by atoms with Gasteiger partial charge in [-0.15, -0.1) is 0 Å². The third-order valence-corrected chi connectivity index (χ3v) is 7.43. The maximum Gasteiger partial charge on any atom is 0.303 e. The highest BCUT2D eigenvalue weighted by molar-refractivity contribution is 6.35. The van der Waals surface area contributed by atoms with Crippen LogP contribution in [0.1, 0.15) is 24.0 Å². The van der Waals surface area contributed by atoms with Crippen molar-refractivity contribution in [3.8, 4) is 0 Å². The van der Waals surface area contributed by atoms with Crippen LogP contribution in [-0.4, -0.2) is 39.7 Å². The van der Waals surface area contributed by atoms with E-state index in [1.54, 1.807) is 42.5 Å². The monoisotopic (exact) mass is 487 g/mol. The first kappa shape index (κ1) is 21.9. The van der Waals surface area contributed by atoms with Crippen LogP contribution in [0.15, 0.2) is 42.5 Å². The van der Waals surface area contributed by atoms with Gasteiger partial charge in [-0.05, 0) is 24.1 Å². The molecule has 3 aliphatic rings. The number of nitrogens with one attached hydrogen (secondary N) is 2. The topological polar surface area (TPSA) is 116 Å². The first-order chi connectivity index (χ1) is 15.8. The Kier molecular flexibility index (Phi) is 5.19. The molecule has 3 heterocycles. The number of carbonyl (C=O) groups excluding carboxylic acids is 3. The summed E-state index contributed by atoms with van der Waals surface area (Å²) in [4.78, 5) is 52.9. The largest absolute Gasteiger partial charge is 0.481 e.